The number of nitrogen functional groups attached to an aromatic ring is 1. The zero-order valence-corrected chi connectivity index (χ0v) is 11.4. The first kappa shape index (κ1) is 12.7. The van der Waals surface area contributed by atoms with Crippen LogP contribution < -0.4 is 5.73 Å². The minimum atomic E-state index is 0.318. The first-order valence-corrected chi connectivity index (χ1v) is 7.06. The molecule has 3 rings (SSSR count). The summed E-state index contributed by atoms with van der Waals surface area (Å²) in [7, 11) is 0. The van der Waals surface area contributed by atoms with E-state index in [9.17, 15) is 5.26 Å². The van der Waals surface area contributed by atoms with Crippen LogP contribution in [0.2, 0.25) is 0 Å². The summed E-state index contributed by atoms with van der Waals surface area (Å²) < 4.78 is 5.52. The van der Waals surface area contributed by atoms with Crippen molar-refractivity contribution in [3.8, 4) is 17.4 Å². The molecule has 0 amide bonds. The molecule has 2 aromatic rings. The summed E-state index contributed by atoms with van der Waals surface area (Å²) in [4.78, 5) is 4.47. The first-order valence-electron chi connectivity index (χ1n) is 7.06. The van der Waals surface area contributed by atoms with Gasteiger partial charge in [-0.1, -0.05) is 12.8 Å². The molecular formula is C16H17N3O. The number of anilines is 1. The molecule has 0 atom stereocenters. The molecule has 0 saturated heterocycles. The standard InChI is InChI=1S/C16H17N3O/c17-10-12-15(14-8-5-9-20-14)11-6-3-1-2-4-7-13(11)19-16(12)18/h5,8-9H,1-4,6-7H2,(H2,18,19). The number of hydrogen-bond acceptors (Lipinski definition) is 4. The van der Waals surface area contributed by atoms with Gasteiger partial charge >= 0.3 is 0 Å². The molecule has 2 heterocycles. The predicted octanol–water partition coefficient (Wildman–Crippen LogP) is 3.45. The van der Waals surface area contributed by atoms with Crippen LogP contribution in [0, 0.1) is 11.3 Å². The van der Waals surface area contributed by atoms with Crippen molar-refractivity contribution in [2.45, 2.75) is 38.5 Å². The summed E-state index contributed by atoms with van der Waals surface area (Å²) in [5.74, 6) is 1.03. The van der Waals surface area contributed by atoms with Gasteiger partial charge in [-0.15, -0.1) is 0 Å². The Kier molecular flexibility index (Phi) is 3.42. The lowest BCUT2D eigenvalue weighted by molar-refractivity contribution is 0.577. The molecule has 0 saturated carbocycles. The molecule has 4 nitrogen and oxygen atoms in total. The van der Waals surface area contributed by atoms with Gasteiger partial charge in [0.15, 0.2) is 0 Å². The molecule has 0 aromatic carbocycles. The second-order valence-corrected chi connectivity index (χ2v) is 5.18. The lowest BCUT2D eigenvalue weighted by Crippen LogP contribution is -2.09. The van der Waals surface area contributed by atoms with E-state index >= 15 is 0 Å². The summed E-state index contributed by atoms with van der Waals surface area (Å²) >= 11 is 0. The van der Waals surface area contributed by atoms with Crippen LogP contribution >= 0.6 is 0 Å². The number of nitriles is 1. The van der Waals surface area contributed by atoms with Crippen molar-refractivity contribution >= 4 is 5.82 Å². The fourth-order valence-corrected chi connectivity index (χ4v) is 2.92. The third-order valence-corrected chi connectivity index (χ3v) is 3.88. The van der Waals surface area contributed by atoms with Crippen LogP contribution in [0.25, 0.3) is 11.3 Å². The second kappa shape index (κ2) is 5.38. The highest BCUT2D eigenvalue weighted by Crippen LogP contribution is 2.35. The molecule has 1 aliphatic rings. The van der Waals surface area contributed by atoms with E-state index in [0.29, 0.717) is 17.1 Å². The average Bonchev–Trinajstić information content (AvgIpc) is 2.93. The zero-order chi connectivity index (χ0) is 13.9. The molecular weight excluding hydrogens is 250 g/mol. The van der Waals surface area contributed by atoms with Gasteiger partial charge in [-0.25, -0.2) is 4.98 Å². The minimum absolute atomic E-state index is 0.318. The van der Waals surface area contributed by atoms with Crippen LogP contribution in [-0.2, 0) is 12.8 Å². The number of aromatic nitrogens is 1. The van der Waals surface area contributed by atoms with Gasteiger partial charge in [0.2, 0.25) is 0 Å². The highest BCUT2D eigenvalue weighted by atomic mass is 16.3. The van der Waals surface area contributed by atoms with Crippen molar-refractivity contribution in [3.63, 3.8) is 0 Å². The smallest absolute Gasteiger partial charge is 0.142 e. The Hall–Kier alpha value is -2.28. The fourth-order valence-electron chi connectivity index (χ4n) is 2.92. The maximum Gasteiger partial charge on any atom is 0.142 e. The van der Waals surface area contributed by atoms with Gasteiger partial charge in [0.05, 0.1) is 6.26 Å². The molecule has 4 heteroatoms. The Morgan fingerprint density at radius 2 is 2.00 bits per heavy atom. The highest BCUT2D eigenvalue weighted by molar-refractivity contribution is 5.76. The monoisotopic (exact) mass is 267 g/mol. The molecule has 0 fully saturated rings. The first-order chi connectivity index (χ1) is 9.81. The van der Waals surface area contributed by atoms with Crippen molar-refractivity contribution in [1.82, 2.24) is 4.98 Å². The Labute approximate surface area is 118 Å². The highest BCUT2D eigenvalue weighted by Gasteiger charge is 2.21. The average molecular weight is 267 g/mol. The molecule has 0 unspecified atom stereocenters. The number of rotatable bonds is 1. The van der Waals surface area contributed by atoms with Gasteiger partial charge in [-0.3, -0.25) is 0 Å². The number of aryl methyl sites for hydroxylation is 1. The van der Waals surface area contributed by atoms with Gasteiger partial charge in [-0.05, 0) is 43.4 Å². The van der Waals surface area contributed by atoms with Gasteiger partial charge in [0, 0.05) is 11.3 Å². The SMILES string of the molecule is N#Cc1c(N)nc2c(c1-c1ccco1)CCCCCC2. The molecule has 102 valence electrons. The van der Waals surface area contributed by atoms with Crippen molar-refractivity contribution < 1.29 is 4.42 Å². The Balaban J connectivity index is 2.25. The van der Waals surface area contributed by atoms with Gasteiger partial charge in [0.25, 0.3) is 0 Å². The Morgan fingerprint density at radius 1 is 1.20 bits per heavy atom. The summed E-state index contributed by atoms with van der Waals surface area (Å²) in [6.07, 6.45) is 8.20. The van der Waals surface area contributed by atoms with Crippen LogP contribution in [-0.4, -0.2) is 4.98 Å². The quantitative estimate of drug-likeness (QED) is 0.858. The molecule has 0 radical (unpaired) electrons. The number of pyridine rings is 1. The maximum atomic E-state index is 9.41. The number of furan rings is 1. The van der Waals surface area contributed by atoms with E-state index in [2.05, 4.69) is 11.1 Å². The molecule has 1 aliphatic carbocycles. The summed E-state index contributed by atoms with van der Waals surface area (Å²) in [6.45, 7) is 0. The van der Waals surface area contributed by atoms with Crippen molar-refractivity contribution in [2.24, 2.45) is 0 Å². The van der Waals surface area contributed by atoms with Gasteiger partial charge in [0.1, 0.15) is 23.2 Å². The molecule has 2 aromatic heterocycles. The zero-order valence-electron chi connectivity index (χ0n) is 11.4. The molecule has 0 spiro atoms. The van der Waals surface area contributed by atoms with Crippen molar-refractivity contribution in [3.05, 3.63) is 35.2 Å². The number of nitrogens with zero attached hydrogens (tertiary/aromatic N) is 2. The lowest BCUT2D eigenvalue weighted by Gasteiger charge is -2.18. The lowest BCUT2D eigenvalue weighted by atomic mass is 9.90. The topological polar surface area (TPSA) is 75.8 Å². The van der Waals surface area contributed by atoms with E-state index in [-0.39, 0.29) is 0 Å². The maximum absolute atomic E-state index is 9.41. The third kappa shape index (κ3) is 2.16. The molecule has 0 bridgehead atoms. The van der Waals surface area contributed by atoms with E-state index in [1.54, 1.807) is 6.26 Å². The number of fused-ring (bicyclic) bond motifs is 1. The Morgan fingerprint density at radius 3 is 2.70 bits per heavy atom. The summed E-state index contributed by atoms with van der Waals surface area (Å²) in [5, 5.41) is 9.41. The van der Waals surface area contributed by atoms with E-state index in [4.69, 9.17) is 10.2 Å². The van der Waals surface area contributed by atoms with E-state index in [1.807, 2.05) is 12.1 Å². The van der Waals surface area contributed by atoms with Gasteiger partial charge in [-0.2, -0.15) is 5.26 Å². The number of hydrogen-bond donors (Lipinski definition) is 1. The third-order valence-electron chi connectivity index (χ3n) is 3.88. The van der Waals surface area contributed by atoms with Gasteiger partial charge < -0.3 is 10.2 Å². The molecule has 0 aliphatic heterocycles. The van der Waals surface area contributed by atoms with Crippen LogP contribution in [0.15, 0.2) is 22.8 Å². The van der Waals surface area contributed by atoms with Crippen molar-refractivity contribution in [1.29, 1.82) is 5.26 Å². The molecule has 2 N–H and O–H groups in total. The van der Waals surface area contributed by atoms with Crippen LogP contribution in [0.5, 0.6) is 0 Å². The Bertz CT molecular complexity index is 653. The fraction of sp³-hybridized carbons (Fsp3) is 0.375. The van der Waals surface area contributed by atoms with Crippen LogP contribution in [0.1, 0.15) is 42.5 Å². The minimum Gasteiger partial charge on any atom is -0.464 e. The predicted molar refractivity (Wildman–Crippen MR) is 76.9 cm³/mol. The number of nitrogens with two attached hydrogens (primary N) is 1. The summed E-state index contributed by atoms with van der Waals surface area (Å²) in [6, 6.07) is 5.91. The molecule has 20 heavy (non-hydrogen) atoms. The van der Waals surface area contributed by atoms with Crippen LogP contribution in [0.3, 0.4) is 0 Å². The van der Waals surface area contributed by atoms with E-state index in [0.717, 1.165) is 42.5 Å². The van der Waals surface area contributed by atoms with E-state index < -0.39 is 0 Å². The largest absolute Gasteiger partial charge is 0.464 e. The van der Waals surface area contributed by atoms with Crippen molar-refractivity contribution in [2.75, 3.05) is 5.73 Å². The normalized spacial score (nSPS) is 14.9. The summed E-state index contributed by atoms with van der Waals surface area (Å²) in [5.41, 5.74) is 9.45. The van der Waals surface area contributed by atoms with Crippen LogP contribution in [0.4, 0.5) is 5.82 Å². The van der Waals surface area contributed by atoms with E-state index in [1.165, 1.54) is 12.8 Å². The second-order valence-electron chi connectivity index (χ2n) is 5.18.